The van der Waals surface area contributed by atoms with E-state index in [1.54, 1.807) is 0 Å². The lowest BCUT2D eigenvalue weighted by molar-refractivity contribution is -0.275. The lowest BCUT2D eigenvalue weighted by Crippen LogP contribution is -2.19. The normalized spacial score (nSPS) is 12.2. The second-order valence-electron chi connectivity index (χ2n) is 3.63. The van der Waals surface area contributed by atoms with Crippen molar-refractivity contribution in [3.05, 3.63) is 23.8 Å². The molecule has 5 nitrogen and oxygen atoms in total. The maximum Gasteiger partial charge on any atom is 0.573 e. The Bertz CT molecular complexity index is 467. The molecule has 0 aromatic heterocycles. The van der Waals surface area contributed by atoms with Gasteiger partial charge in [-0.05, 0) is 6.07 Å². The van der Waals surface area contributed by atoms with Crippen molar-refractivity contribution >= 4 is 18.4 Å². The third kappa shape index (κ3) is 5.14. The van der Waals surface area contributed by atoms with E-state index in [-0.39, 0.29) is 24.4 Å². The molecule has 3 N–H and O–H groups in total. The molecule has 0 aliphatic carbocycles. The van der Waals surface area contributed by atoms with Gasteiger partial charge in [0.15, 0.2) is 11.5 Å². The van der Waals surface area contributed by atoms with Crippen LogP contribution in [0.1, 0.15) is 18.0 Å². The number of phenols is 1. The molecule has 1 atom stereocenters. The molecule has 0 bridgehead atoms. The van der Waals surface area contributed by atoms with Gasteiger partial charge in [-0.3, -0.25) is 4.79 Å². The molecule has 0 aliphatic rings. The lowest BCUT2D eigenvalue weighted by atomic mass is 10.0. The van der Waals surface area contributed by atoms with Gasteiger partial charge in [-0.25, -0.2) is 0 Å². The Morgan fingerprint density at radius 2 is 2.05 bits per heavy atom. The highest BCUT2D eigenvalue weighted by molar-refractivity contribution is 5.85. The molecule has 1 rings (SSSR count). The van der Waals surface area contributed by atoms with E-state index in [1.807, 2.05) is 0 Å². The Kier molecular flexibility index (Phi) is 6.60. The minimum atomic E-state index is -4.93. The first kappa shape index (κ1) is 18.3. The number of hydrogen-bond donors (Lipinski definition) is 2. The molecule has 114 valence electrons. The molecule has 0 spiro atoms. The summed E-state index contributed by atoms with van der Waals surface area (Å²) in [6.07, 6.45) is -5.21. The smallest absolute Gasteiger partial charge is 0.504 e. The zero-order valence-corrected chi connectivity index (χ0v) is 11.1. The van der Waals surface area contributed by atoms with E-state index in [1.165, 1.54) is 12.1 Å². The van der Waals surface area contributed by atoms with Gasteiger partial charge in [0.25, 0.3) is 0 Å². The minimum Gasteiger partial charge on any atom is -0.504 e. The molecule has 0 saturated heterocycles. The fourth-order valence-corrected chi connectivity index (χ4v) is 1.42. The Hall–Kier alpha value is -1.67. The van der Waals surface area contributed by atoms with Gasteiger partial charge in [0.2, 0.25) is 0 Å². The average molecular weight is 316 g/mol. The molecule has 0 radical (unpaired) electrons. The Morgan fingerprint density at radius 3 is 2.55 bits per heavy atom. The lowest BCUT2D eigenvalue weighted by Gasteiger charge is -2.16. The molecule has 20 heavy (non-hydrogen) atoms. The van der Waals surface area contributed by atoms with Gasteiger partial charge in [-0.15, -0.1) is 25.6 Å². The van der Waals surface area contributed by atoms with E-state index in [9.17, 15) is 23.1 Å². The number of phenolic OH excluding ortho intramolecular Hbond substituents is 1. The number of rotatable bonds is 4. The third-order valence-electron chi connectivity index (χ3n) is 2.27. The number of aromatic hydroxyl groups is 1. The summed E-state index contributed by atoms with van der Waals surface area (Å²) >= 11 is 0. The zero-order chi connectivity index (χ0) is 14.6. The summed E-state index contributed by atoms with van der Waals surface area (Å²) in [4.78, 5) is 11.0. The summed E-state index contributed by atoms with van der Waals surface area (Å²) in [6, 6.07) is 2.47. The van der Waals surface area contributed by atoms with Gasteiger partial charge in [0.05, 0.1) is 13.5 Å². The van der Waals surface area contributed by atoms with Gasteiger partial charge >= 0.3 is 12.3 Å². The summed E-state index contributed by atoms with van der Waals surface area (Å²) in [5.41, 5.74) is 5.57. The predicted octanol–water partition coefficient (Wildman–Crippen LogP) is 2.28. The Morgan fingerprint density at radius 1 is 1.45 bits per heavy atom. The number of nitrogens with two attached hydrogens (primary N) is 1. The predicted molar refractivity (Wildman–Crippen MR) is 65.6 cm³/mol. The van der Waals surface area contributed by atoms with Crippen LogP contribution in [0, 0.1) is 0 Å². The van der Waals surface area contributed by atoms with Crippen molar-refractivity contribution in [3.8, 4) is 11.5 Å². The largest absolute Gasteiger partial charge is 0.573 e. The van der Waals surface area contributed by atoms with E-state index in [4.69, 9.17) is 5.73 Å². The highest BCUT2D eigenvalue weighted by atomic mass is 35.5. The number of esters is 1. The van der Waals surface area contributed by atoms with Gasteiger partial charge in [-0.2, -0.15) is 0 Å². The topological polar surface area (TPSA) is 81.8 Å². The van der Waals surface area contributed by atoms with Crippen molar-refractivity contribution in [2.24, 2.45) is 5.73 Å². The molecular formula is C11H13ClF3NO4. The Balaban J connectivity index is 0.00000361. The molecular weight excluding hydrogens is 303 g/mol. The minimum absolute atomic E-state index is 0. The summed E-state index contributed by atoms with van der Waals surface area (Å²) in [5.74, 6) is -2.17. The fourth-order valence-electron chi connectivity index (χ4n) is 1.42. The number of para-hydroxylation sites is 1. The van der Waals surface area contributed by atoms with E-state index in [0.29, 0.717) is 0 Å². The molecule has 1 aromatic carbocycles. The zero-order valence-electron chi connectivity index (χ0n) is 10.3. The van der Waals surface area contributed by atoms with Crippen molar-refractivity contribution in [3.63, 3.8) is 0 Å². The maximum atomic E-state index is 12.1. The van der Waals surface area contributed by atoms with Crippen LogP contribution in [-0.2, 0) is 9.53 Å². The van der Waals surface area contributed by atoms with Crippen LogP contribution in [0.15, 0.2) is 18.2 Å². The summed E-state index contributed by atoms with van der Waals surface area (Å²) < 4.78 is 44.3. The van der Waals surface area contributed by atoms with Crippen molar-refractivity contribution in [1.82, 2.24) is 0 Å². The van der Waals surface area contributed by atoms with Crippen LogP contribution >= 0.6 is 12.4 Å². The van der Waals surface area contributed by atoms with Crippen molar-refractivity contribution < 1.29 is 32.5 Å². The molecule has 0 fully saturated rings. The fraction of sp³-hybridized carbons (Fsp3) is 0.364. The number of hydrogen-bond acceptors (Lipinski definition) is 5. The van der Waals surface area contributed by atoms with Gasteiger partial charge in [-0.1, -0.05) is 12.1 Å². The van der Waals surface area contributed by atoms with Crippen molar-refractivity contribution in [2.75, 3.05) is 7.11 Å². The second kappa shape index (κ2) is 7.20. The molecule has 0 saturated carbocycles. The summed E-state index contributed by atoms with van der Waals surface area (Å²) in [6.45, 7) is 0. The third-order valence-corrected chi connectivity index (χ3v) is 2.27. The van der Waals surface area contributed by atoms with Crippen LogP contribution in [0.5, 0.6) is 11.5 Å². The van der Waals surface area contributed by atoms with Crippen LogP contribution < -0.4 is 10.5 Å². The average Bonchev–Trinajstić information content (AvgIpc) is 2.29. The number of benzene rings is 1. The van der Waals surface area contributed by atoms with Gasteiger partial charge in [0.1, 0.15) is 0 Å². The highest BCUT2D eigenvalue weighted by Gasteiger charge is 2.33. The van der Waals surface area contributed by atoms with Crippen molar-refractivity contribution in [2.45, 2.75) is 18.8 Å². The van der Waals surface area contributed by atoms with Crippen LogP contribution in [0.4, 0.5) is 13.2 Å². The molecule has 0 unspecified atom stereocenters. The van der Waals surface area contributed by atoms with Crippen LogP contribution in [0.25, 0.3) is 0 Å². The van der Waals surface area contributed by atoms with Crippen LogP contribution in [0.2, 0.25) is 0 Å². The number of carbonyl (C=O) groups excluding carboxylic acids is 1. The molecule has 1 aromatic rings. The first-order chi connectivity index (χ1) is 8.74. The van der Waals surface area contributed by atoms with Crippen LogP contribution in [0.3, 0.4) is 0 Å². The SMILES string of the molecule is COC(=O)C[C@H](N)c1cccc(OC(F)(F)F)c1O.Cl. The number of ether oxygens (including phenoxy) is 2. The summed E-state index contributed by atoms with van der Waals surface area (Å²) in [7, 11) is 1.15. The maximum absolute atomic E-state index is 12.1. The van der Waals surface area contributed by atoms with E-state index < -0.39 is 29.9 Å². The van der Waals surface area contributed by atoms with Crippen LogP contribution in [-0.4, -0.2) is 24.5 Å². The first-order valence-electron chi connectivity index (χ1n) is 5.14. The van der Waals surface area contributed by atoms with Gasteiger partial charge < -0.3 is 20.3 Å². The standard InChI is InChI=1S/C11H12F3NO4.ClH/c1-18-9(16)5-7(15)6-3-2-4-8(10(6)17)19-11(12,13)14;/h2-4,7,17H,5,15H2,1H3;1H/t7-;/m0./s1. The number of carbonyl (C=O) groups is 1. The second-order valence-corrected chi connectivity index (χ2v) is 3.63. The number of alkyl halides is 3. The molecule has 0 heterocycles. The summed E-state index contributed by atoms with van der Waals surface area (Å²) in [5, 5.41) is 9.65. The van der Waals surface area contributed by atoms with E-state index in [0.717, 1.165) is 13.2 Å². The molecule has 0 aliphatic heterocycles. The number of methoxy groups -OCH3 is 1. The quantitative estimate of drug-likeness (QED) is 0.833. The van der Waals surface area contributed by atoms with E-state index >= 15 is 0 Å². The van der Waals surface area contributed by atoms with E-state index in [2.05, 4.69) is 9.47 Å². The Labute approximate surface area is 118 Å². The number of halogens is 4. The van der Waals surface area contributed by atoms with Gasteiger partial charge in [0, 0.05) is 11.6 Å². The molecule has 0 amide bonds. The monoisotopic (exact) mass is 315 g/mol. The molecule has 9 heteroatoms. The first-order valence-corrected chi connectivity index (χ1v) is 5.14. The van der Waals surface area contributed by atoms with Crippen molar-refractivity contribution in [1.29, 1.82) is 0 Å². The highest BCUT2D eigenvalue weighted by Crippen LogP contribution is 2.36.